The highest BCUT2D eigenvalue weighted by Crippen LogP contribution is 2.68. The molecule has 4 saturated carbocycles. The van der Waals surface area contributed by atoms with E-state index in [0.717, 1.165) is 61.7 Å². The molecule has 5 fully saturated rings. The highest BCUT2D eigenvalue weighted by molar-refractivity contribution is 5.49. The van der Waals surface area contributed by atoms with Crippen molar-refractivity contribution in [2.45, 2.75) is 123 Å². The predicted octanol–water partition coefficient (Wildman–Crippen LogP) is 7.17. The van der Waals surface area contributed by atoms with E-state index in [1.165, 1.54) is 70.6 Å². The standard InChI is InChI=1S/C29H48O3/c1-20(7-6-17-30)24-11-12-25-23-10-9-21-19-22(32-27-8-4-5-18-31-27)13-15-28(21,2)26(23)14-16-29(24,25)3/h17,20-27H,4-16,18-19H2,1-3H3/t20-,21?,22-,23+,24-,25+,26+,27?,28+,29-/m1/s1. The topological polar surface area (TPSA) is 35.5 Å². The monoisotopic (exact) mass is 444 g/mol. The van der Waals surface area contributed by atoms with Crippen LogP contribution in [-0.4, -0.2) is 25.3 Å². The summed E-state index contributed by atoms with van der Waals surface area (Å²) in [6.45, 7) is 8.64. The Labute approximate surface area is 196 Å². The van der Waals surface area contributed by atoms with E-state index in [-0.39, 0.29) is 6.29 Å². The molecular weight excluding hydrogens is 396 g/mol. The van der Waals surface area contributed by atoms with Crippen LogP contribution in [0.25, 0.3) is 0 Å². The average Bonchev–Trinajstić information content (AvgIpc) is 3.16. The fourth-order valence-corrected chi connectivity index (χ4v) is 9.88. The van der Waals surface area contributed by atoms with Crippen LogP contribution in [0.5, 0.6) is 0 Å². The largest absolute Gasteiger partial charge is 0.353 e. The van der Waals surface area contributed by atoms with Crippen LogP contribution >= 0.6 is 0 Å². The van der Waals surface area contributed by atoms with Gasteiger partial charge in [0.15, 0.2) is 6.29 Å². The lowest BCUT2D eigenvalue weighted by molar-refractivity contribution is -0.212. The fourth-order valence-electron chi connectivity index (χ4n) is 9.88. The van der Waals surface area contributed by atoms with Crippen LogP contribution in [-0.2, 0) is 14.3 Å². The summed E-state index contributed by atoms with van der Waals surface area (Å²) in [4.78, 5) is 11.0. The maximum absolute atomic E-state index is 11.0. The first kappa shape index (κ1) is 23.3. The highest BCUT2D eigenvalue weighted by atomic mass is 16.7. The normalized spacial score (nSPS) is 49.5. The van der Waals surface area contributed by atoms with E-state index in [2.05, 4.69) is 20.8 Å². The summed E-state index contributed by atoms with van der Waals surface area (Å²) in [7, 11) is 0. The van der Waals surface area contributed by atoms with Gasteiger partial charge in [-0.2, -0.15) is 0 Å². The molecular formula is C29H48O3. The minimum atomic E-state index is 0.0708. The molecule has 3 heteroatoms. The third-order valence-electron chi connectivity index (χ3n) is 11.6. The van der Waals surface area contributed by atoms with E-state index in [4.69, 9.17) is 9.47 Å². The molecule has 0 N–H and O–H groups in total. The zero-order valence-electron chi connectivity index (χ0n) is 21.0. The van der Waals surface area contributed by atoms with Crippen molar-refractivity contribution < 1.29 is 14.3 Å². The number of aldehydes is 1. The van der Waals surface area contributed by atoms with Crippen molar-refractivity contribution in [2.75, 3.05) is 6.61 Å². The number of hydrogen-bond acceptors (Lipinski definition) is 3. The fraction of sp³-hybridized carbons (Fsp3) is 0.966. The van der Waals surface area contributed by atoms with Gasteiger partial charge in [-0.15, -0.1) is 0 Å². The number of ether oxygens (including phenoxy) is 2. The van der Waals surface area contributed by atoms with Crippen LogP contribution in [0.4, 0.5) is 0 Å². The van der Waals surface area contributed by atoms with Gasteiger partial charge in [0, 0.05) is 13.0 Å². The van der Waals surface area contributed by atoms with Gasteiger partial charge in [0.25, 0.3) is 0 Å². The zero-order chi connectivity index (χ0) is 22.3. The van der Waals surface area contributed by atoms with E-state index < -0.39 is 0 Å². The Hall–Kier alpha value is -0.410. The van der Waals surface area contributed by atoms with E-state index in [0.29, 0.717) is 22.9 Å². The van der Waals surface area contributed by atoms with Crippen molar-refractivity contribution in [1.82, 2.24) is 0 Å². The molecule has 1 saturated heterocycles. The Balaban J connectivity index is 1.25. The van der Waals surface area contributed by atoms with Crippen LogP contribution < -0.4 is 0 Å². The third kappa shape index (κ3) is 4.02. The van der Waals surface area contributed by atoms with E-state index in [1.807, 2.05) is 0 Å². The van der Waals surface area contributed by atoms with Crippen molar-refractivity contribution >= 4 is 6.29 Å². The second-order valence-corrected chi connectivity index (χ2v) is 12.9. The molecule has 2 unspecified atom stereocenters. The lowest BCUT2D eigenvalue weighted by Crippen LogP contribution is -2.54. The van der Waals surface area contributed by atoms with Gasteiger partial charge in [-0.25, -0.2) is 0 Å². The maximum Gasteiger partial charge on any atom is 0.157 e. The van der Waals surface area contributed by atoms with Gasteiger partial charge < -0.3 is 14.3 Å². The van der Waals surface area contributed by atoms with Crippen LogP contribution in [0.2, 0.25) is 0 Å². The number of rotatable bonds is 6. The second kappa shape index (κ2) is 9.33. The van der Waals surface area contributed by atoms with Crippen LogP contribution in [0.3, 0.4) is 0 Å². The maximum atomic E-state index is 11.0. The summed E-state index contributed by atoms with van der Waals surface area (Å²) in [5.41, 5.74) is 1.05. The van der Waals surface area contributed by atoms with Crippen molar-refractivity contribution in [3.05, 3.63) is 0 Å². The molecule has 10 atom stereocenters. The highest BCUT2D eigenvalue weighted by Gasteiger charge is 2.60. The van der Waals surface area contributed by atoms with Crippen LogP contribution in [0.15, 0.2) is 0 Å². The Morgan fingerprint density at radius 3 is 2.56 bits per heavy atom. The Morgan fingerprint density at radius 2 is 1.78 bits per heavy atom. The summed E-state index contributed by atoms with van der Waals surface area (Å²) >= 11 is 0. The first-order chi connectivity index (χ1) is 15.5. The van der Waals surface area contributed by atoms with Gasteiger partial charge in [-0.3, -0.25) is 0 Å². The summed E-state index contributed by atoms with van der Waals surface area (Å²) in [5.74, 6) is 5.17. The second-order valence-electron chi connectivity index (χ2n) is 12.9. The van der Waals surface area contributed by atoms with Gasteiger partial charge in [0.05, 0.1) is 6.10 Å². The molecule has 0 spiro atoms. The molecule has 0 aromatic rings. The van der Waals surface area contributed by atoms with Gasteiger partial charge >= 0.3 is 0 Å². The van der Waals surface area contributed by atoms with Crippen LogP contribution in [0, 0.1) is 46.3 Å². The van der Waals surface area contributed by atoms with Crippen molar-refractivity contribution in [3.63, 3.8) is 0 Å². The molecule has 5 aliphatic rings. The molecule has 5 rings (SSSR count). The smallest absolute Gasteiger partial charge is 0.157 e. The molecule has 1 aliphatic heterocycles. The lowest BCUT2D eigenvalue weighted by atomic mass is 9.44. The summed E-state index contributed by atoms with van der Waals surface area (Å²) < 4.78 is 12.4. The number of carbonyl (C=O) groups is 1. The first-order valence-electron chi connectivity index (χ1n) is 14.2. The minimum absolute atomic E-state index is 0.0708. The van der Waals surface area contributed by atoms with E-state index in [1.54, 1.807) is 0 Å². The minimum Gasteiger partial charge on any atom is -0.353 e. The average molecular weight is 445 g/mol. The number of fused-ring (bicyclic) bond motifs is 5. The molecule has 0 radical (unpaired) electrons. The predicted molar refractivity (Wildman–Crippen MR) is 128 cm³/mol. The quantitative estimate of drug-likeness (QED) is 0.322. The van der Waals surface area contributed by atoms with Crippen molar-refractivity contribution in [1.29, 1.82) is 0 Å². The summed E-state index contributed by atoms with van der Waals surface area (Å²) in [6, 6.07) is 0. The molecule has 32 heavy (non-hydrogen) atoms. The zero-order valence-corrected chi connectivity index (χ0v) is 21.0. The van der Waals surface area contributed by atoms with Crippen molar-refractivity contribution in [3.8, 4) is 0 Å². The Morgan fingerprint density at radius 1 is 0.969 bits per heavy atom. The molecule has 0 amide bonds. The number of hydrogen-bond donors (Lipinski definition) is 0. The van der Waals surface area contributed by atoms with Gasteiger partial charge in [-0.05, 0) is 130 Å². The van der Waals surface area contributed by atoms with Gasteiger partial charge in [0.2, 0.25) is 0 Å². The number of carbonyl (C=O) groups excluding carboxylic acids is 1. The first-order valence-corrected chi connectivity index (χ1v) is 14.2. The molecule has 1 heterocycles. The molecule has 0 aromatic heterocycles. The van der Waals surface area contributed by atoms with Crippen LogP contribution in [0.1, 0.15) is 111 Å². The molecule has 182 valence electrons. The molecule has 0 aromatic carbocycles. The Bertz CT molecular complexity index is 657. The van der Waals surface area contributed by atoms with Gasteiger partial charge in [-0.1, -0.05) is 20.8 Å². The molecule has 4 aliphatic carbocycles. The lowest BCUT2D eigenvalue weighted by Gasteiger charge is -2.61. The SMILES string of the molecule is C[C@H](CCC=O)[C@H]1CC[C@H]2[C@@H]3CCC4C[C@H](OC5CCCCO5)CC[C@]4(C)[C@H]3CC[C@]12C. The van der Waals surface area contributed by atoms with E-state index >= 15 is 0 Å². The molecule has 3 nitrogen and oxygen atoms in total. The van der Waals surface area contributed by atoms with E-state index in [9.17, 15) is 4.79 Å². The molecule has 0 bridgehead atoms. The summed E-state index contributed by atoms with van der Waals surface area (Å²) in [6.07, 6.45) is 19.5. The van der Waals surface area contributed by atoms with Gasteiger partial charge in [0.1, 0.15) is 6.29 Å². The Kier molecular flexibility index (Phi) is 6.80. The summed E-state index contributed by atoms with van der Waals surface area (Å²) in [5, 5.41) is 0. The third-order valence-corrected chi connectivity index (χ3v) is 11.6. The van der Waals surface area contributed by atoms with Crippen molar-refractivity contribution in [2.24, 2.45) is 46.3 Å².